The number of nitrogens with one attached hydrogen (secondary N) is 1. The van der Waals surface area contributed by atoms with Crippen LogP contribution in [0.4, 0.5) is 17.4 Å². The largest absolute Gasteiger partial charge is 0.423 e. The van der Waals surface area contributed by atoms with Crippen LogP contribution >= 0.6 is 0 Å². The van der Waals surface area contributed by atoms with Crippen molar-refractivity contribution in [3.63, 3.8) is 0 Å². The molecule has 8 heteroatoms. The Hall–Kier alpha value is -3.88. The first-order valence-electron chi connectivity index (χ1n) is 13.2. The molecule has 2 fully saturated rings. The van der Waals surface area contributed by atoms with Crippen molar-refractivity contribution >= 4 is 34.4 Å². The van der Waals surface area contributed by atoms with E-state index in [9.17, 15) is 4.79 Å². The van der Waals surface area contributed by atoms with Gasteiger partial charge >= 0.3 is 0 Å². The summed E-state index contributed by atoms with van der Waals surface area (Å²) in [7, 11) is 2.16. The smallest absolute Gasteiger partial charge is 0.300 e. The summed E-state index contributed by atoms with van der Waals surface area (Å²) in [6.45, 7) is 8.58. The fraction of sp³-hybridized carbons (Fsp3) is 0.333. The number of aryl methyl sites for hydroxylation is 1. The molecule has 3 heterocycles. The molecule has 0 atom stereocenters. The van der Waals surface area contributed by atoms with Crippen molar-refractivity contribution in [2.24, 2.45) is 0 Å². The quantitative estimate of drug-likeness (QED) is 0.414. The summed E-state index contributed by atoms with van der Waals surface area (Å²) in [5, 5.41) is 3.36. The summed E-state index contributed by atoms with van der Waals surface area (Å²) in [4.78, 5) is 24.4. The van der Waals surface area contributed by atoms with Gasteiger partial charge in [0.15, 0.2) is 5.58 Å². The van der Waals surface area contributed by atoms with Gasteiger partial charge in [-0.2, -0.15) is 4.98 Å². The fourth-order valence-electron chi connectivity index (χ4n) is 5.21. The van der Waals surface area contributed by atoms with Gasteiger partial charge in [-0.1, -0.05) is 30.3 Å². The normalized spacial score (nSPS) is 16.7. The summed E-state index contributed by atoms with van der Waals surface area (Å²) in [5.74, 6) is 0.0560. The number of fused-ring (bicyclic) bond motifs is 1. The van der Waals surface area contributed by atoms with Crippen molar-refractivity contribution in [2.75, 3.05) is 69.7 Å². The molecule has 0 aliphatic carbocycles. The molecule has 4 aromatic rings. The number of hydrogen-bond acceptors (Lipinski definition) is 7. The second-order valence-corrected chi connectivity index (χ2v) is 10.1. The molecule has 1 aromatic heterocycles. The Labute approximate surface area is 222 Å². The number of piperazine rings is 1. The average Bonchev–Trinajstić information content (AvgIpc) is 3.36. The second-order valence-electron chi connectivity index (χ2n) is 10.1. The Morgan fingerprint density at radius 1 is 0.921 bits per heavy atom. The Balaban J connectivity index is 1.24. The molecule has 196 valence electrons. The number of ether oxygens (including phenoxy) is 1. The van der Waals surface area contributed by atoms with Crippen LogP contribution < -0.4 is 10.2 Å². The lowest BCUT2D eigenvalue weighted by Gasteiger charge is -2.34. The lowest BCUT2D eigenvalue weighted by atomic mass is 9.98. The van der Waals surface area contributed by atoms with Crippen molar-refractivity contribution in [3.05, 3.63) is 71.8 Å². The van der Waals surface area contributed by atoms with Gasteiger partial charge in [-0.15, -0.1) is 0 Å². The minimum Gasteiger partial charge on any atom is -0.423 e. The number of para-hydroxylation sites is 1. The number of rotatable bonds is 5. The minimum absolute atomic E-state index is 0.0560. The van der Waals surface area contributed by atoms with Crippen molar-refractivity contribution in [3.8, 4) is 11.1 Å². The molecule has 2 aliphatic rings. The zero-order chi connectivity index (χ0) is 26.1. The minimum atomic E-state index is 0.0560. The summed E-state index contributed by atoms with van der Waals surface area (Å²) in [5.41, 5.74) is 7.24. The molecule has 0 spiro atoms. The van der Waals surface area contributed by atoms with Crippen LogP contribution in [0, 0.1) is 6.92 Å². The van der Waals surface area contributed by atoms with Crippen molar-refractivity contribution < 1.29 is 13.9 Å². The Morgan fingerprint density at radius 2 is 1.71 bits per heavy atom. The summed E-state index contributed by atoms with van der Waals surface area (Å²) >= 11 is 0. The van der Waals surface area contributed by atoms with Crippen molar-refractivity contribution in [1.29, 1.82) is 0 Å². The number of hydrogen-bond donors (Lipinski definition) is 1. The number of amides is 1. The van der Waals surface area contributed by atoms with Gasteiger partial charge in [-0.05, 0) is 55.4 Å². The maximum atomic E-state index is 13.0. The van der Waals surface area contributed by atoms with Crippen LogP contribution in [-0.4, -0.2) is 80.2 Å². The van der Waals surface area contributed by atoms with Crippen LogP contribution in [0.1, 0.15) is 15.9 Å². The van der Waals surface area contributed by atoms with Crippen LogP contribution in [0.5, 0.6) is 0 Å². The maximum absolute atomic E-state index is 13.0. The van der Waals surface area contributed by atoms with E-state index in [-0.39, 0.29) is 5.91 Å². The van der Waals surface area contributed by atoms with Gasteiger partial charge in [0.25, 0.3) is 11.9 Å². The molecule has 0 bridgehead atoms. The zero-order valence-electron chi connectivity index (χ0n) is 21.9. The van der Waals surface area contributed by atoms with E-state index in [2.05, 4.69) is 46.4 Å². The number of carbonyl (C=O) groups excluding carboxylic acids is 1. The number of carbonyl (C=O) groups is 1. The predicted octanol–water partition coefficient (Wildman–Crippen LogP) is 4.77. The molecule has 8 nitrogen and oxygen atoms in total. The predicted molar refractivity (Wildman–Crippen MR) is 150 cm³/mol. The monoisotopic (exact) mass is 511 g/mol. The van der Waals surface area contributed by atoms with Crippen LogP contribution in [0.3, 0.4) is 0 Å². The molecule has 0 radical (unpaired) electrons. The van der Waals surface area contributed by atoms with Gasteiger partial charge in [0, 0.05) is 61.8 Å². The van der Waals surface area contributed by atoms with Gasteiger partial charge < -0.3 is 29.2 Å². The van der Waals surface area contributed by atoms with Crippen molar-refractivity contribution in [1.82, 2.24) is 14.8 Å². The number of nitrogens with zero attached hydrogens (tertiary/aromatic N) is 4. The highest BCUT2D eigenvalue weighted by molar-refractivity contribution is 5.97. The third-order valence-electron chi connectivity index (χ3n) is 7.45. The van der Waals surface area contributed by atoms with Crippen LogP contribution in [0.2, 0.25) is 0 Å². The fourth-order valence-corrected chi connectivity index (χ4v) is 5.21. The van der Waals surface area contributed by atoms with E-state index in [0.717, 1.165) is 65.2 Å². The molecule has 1 N–H and O–H groups in total. The third kappa shape index (κ3) is 4.97. The first-order chi connectivity index (χ1) is 18.5. The highest BCUT2D eigenvalue weighted by Gasteiger charge is 2.21. The average molecular weight is 512 g/mol. The first kappa shape index (κ1) is 24.5. The van der Waals surface area contributed by atoms with Gasteiger partial charge in [-0.25, -0.2) is 0 Å². The molecular weight excluding hydrogens is 478 g/mol. The van der Waals surface area contributed by atoms with Crippen LogP contribution in [0.15, 0.2) is 65.1 Å². The van der Waals surface area contributed by atoms with E-state index in [1.165, 1.54) is 5.69 Å². The molecule has 2 aliphatic heterocycles. The third-order valence-corrected chi connectivity index (χ3v) is 7.45. The van der Waals surface area contributed by atoms with E-state index in [4.69, 9.17) is 14.1 Å². The molecule has 0 unspecified atom stereocenters. The SMILES string of the molecule is Cc1cc(-c2cccc3nc(Nc4cccc(N5CCN(C)CC5)c4)oc23)ccc1C(=O)N1CCOCC1. The molecule has 2 saturated heterocycles. The molecule has 1 amide bonds. The lowest BCUT2D eigenvalue weighted by molar-refractivity contribution is 0.0302. The summed E-state index contributed by atoms with van der Waals surface area (Å²) < 4.78 is 11.6. The number of anilines is 3. The van der Waals surface area contributed by atoms with E-state index in [0.29, 0.717) is 32.3 Å². The Morgan fingerprint density at radius 3 is 2.50 bits per heavy atom. The molecule has 0 saturated carbocycles. The maximum Gasteiger partial charge on any atom is 0.300 e. The Bertz CT molecular complexity index is 1450. The second kappa shape index (κ2) is 10.5. The van der Waals surface area contributed by atoms with Crippen molar-refractivity contribution in [2.45, 2.75) is 6.92 Å². The molecular formula is C30H33N5O3. The van der Waals surface area contributed by atoms with E-state index >= 15 is 0 Å². The molecule has 38 heavy (non-hydrogen) atoms. The number of benzene rings is 3. The van der Waals surface area contributed by atoms with Crippen LogP contribution in [-0.2, 0) is 4.74 Å². The highest BCUT2D eigenvalue weighted by Crippen LogP contribution is 2.33. The zero-order valence-corrected chi connectivity index (χ0v) is 21.9. The molecule has 6 rings (SSSR count). The van der Waals surface area contributed by atoms with Gasteiger partial charge in [0.05, 0.1) is 13.2 Å². The van der Waals surface area contributed by atoms with E-state index in [1.54, 1.807) is 0 Å². The van der Waals surface area contributed by atoms with Gasteiger partial charge in [0.1, 0.15) is 5.52 Å². The number of morpholine rings is 1. The number of oxazole rings is 1. The Kier molecular flexibility index (Phi) is 6.74. The summed E-state index contributed by atoms with van der Waals surface area (Å²) in [6.07, 6.45) is 0. The molecule has 3 aromatic carbocycles. The van der Waals surface area contributed by atoms with Gasteiger partial charge in [0.2, 0.25) is 0 Å². The topological polar surface area (TPSA) is 74.1 Å². The first-order valence-corrected chi connectivity index (χ1v) is 13.2. The van der Waals surface area contributed by atoms with Crippen LogP contribution in [0.25, 0.3) is 22.2 Å². The van der Waals surface area contributed by atoms with E-state index in [1.807, 2.05) is 48.2 Å². The number of likely N-dealkylation sites (N-methyl/N-ethyl adjacent to an activating group) is 1. The number of aromatic nitrogens is 1. The van der Waals surface area contributed by atoms with Gasteiger partial charge in [-0.3, -0.25) is 4.79 Å². The lowest BCUT2D eigenvalue weighted by Crippen LogP contribution is -2.44. The highest BCUT2D eigenvalue weighted by atomic mass is 16.5. The summed E-state index contributed by atoms with van der Waals surface area (Å²) in [6, 6.07) is 20.8. The standard InChI is InChI=1S/C30H33N5O3/c1-21-19-22(9-10-25(21)29(36)35-15-17-37-18-16-35)26-7-4-8-27-28(26)38-30(32-27)31-23-5-3-6-24(20-23)34-13-11-33(2)12-14-34/h3-10,19-20H,11-18H2,1-2H3,(H,31,32). The van der Waals surface area contributed by atoms with E-state index < -0.39 is 0 Å².